The Kier molecular flexibility index (Phi) is 6.96. The van der Waals surface area contributed by atoms with Crippen LogP contribution in [0.3, 0.4) is 0 Å². The van der Waals surface area contributed by atoms with Crippen molar-refractivity contribution in [3.05, 3.63) is 53.2 Å². The summed E-state index contributed by atoms with van der Waals surface area (Å²) in [6, 6.07) is 11.7. The van der Waals surface area contributed by atoms with Crippen molar-refractivity contribution in [1.82, 2.24) is 15.1 Å². The number of nitrogens with zero attached hydrogens (tertiary/aromatic N) is 4. The molecule has 0 aliphatic carbocycles. The first-order valence-corrected chi connectivity index (χ1v) is 11.5. The maximum Gasteiger partial charge on any atom is 0.257 e. The Hall–Kier alpha value is -3.04. The van der Waals surface area contributed by atoms with Crippen molar-refractivity contribution >= 4 is 28.8 Å². The van der Waals surface area contributed by atoms with Crippen molar-refractivity contribution < 1.29 is 18.7 Å². The lowest BCUT2D eigenvalue weighted by atomic mass is 10.1. The van der Waals surface area contributed by atoms with Crippen molar-refractivity contribution in [3.63, 3.8) is 0 Å². The molecular weight excluding hydrogens is 428 g/mol. The molecule has 1 aromatic carbocycles. The highest BCUT2D eigenvalue weighted by atomic mass is 32.1. The van der Waals surface area contributed by atoms with Crippen LogP contribution >= 0.6 is 11.3 Å². The van der Waals surface area contributed by atoms with E-state index in [0.29, 0.717) is 31.5 Å². The molecule has 0 bridgehead atoms. The molecule has 3 aromatic rings. The lowest BCUT2D eigenvalue weighted by Gasteiger charge is -2.24. The zero-order chi connectivity index (χ0) is 22.5. The Bertz CT molecular complexity index is 1050. The van der Waals surface area contributed by atoms with Crippen LogP contribution in [0.4, 0.5) is 5.69 Å². The lowest BCUT2D eigenvalue weighted by Crippen LogP contribution is -2.39. The van der Waals surface area contributed by atoms with Crippen LogP contribution in [0.2, 0.25) is 0 Å². The Morgan fingerprint density at radius 2 is 2.09 bits per heavy atom. The van der Waals surface area contributed by atoms with Crippen molar-refractivity contribution in [2.45, 2.75) is 26.3 Å². The molecule has 32 heavy (non-hydrogen) atoms. The summed E-state index contributed by atoms with van der Waals surface area (Å²) in [6.07, 6.45) is 1.12. The Morgan fingerprint density at radius 1 is 1.28 bits per heavy atom. The SMILES string of the molecule is CCc1ccc(N2CC(C(=O)N(CCOC)Cc3nnc(-c4cccs4)o3)CC2=O)cc1. The van der Waals surface area contributed by atoms with E-state index >= 15 is 0 Å². The Balaban J connectivity index is 1.46. The Labute approximate surface area is 190 Å². The van der Waals surface area contributed by atoms with Gasteiger partial charge in [-0.1, -0.05) is 25.1 Å². The average molecular weight is 455 g/mol. The highest BCUT2D eigenvalue weighted by Gasteiger charge is 2.37. The summed E-state index contributed by atoms with van der Waals surface area (Å²) in [4.78, 5) is 30.2. The van der Waals surface area contributed by atoms with Gasteiger partial charge in [-0.25, -0.2) is 0 Å². The normalized spacial score (nSPS) is 16.0. The topological polar surface area (TPSA) is 88.8 Å². The summed E-state index contributed by atoms with van der Waals surface area (Å²) in [5, 5.41) is 10.1. The third kappa shape index (κ3) is 4.89. The van der Waals surface area contributed by atoms with Gasteiger partial charge in [-0.05, 0) is 35.6 Å². The van der Waals surface area contributed by atoms with Crippen LogP contribution in [-0.4, -0.2) is 53.7 Å². The number of anilines is 1. The van der Waals surface area contributed by atoms with Gasteiger partial charge in [-0.2, -0.15) is 0 Å². The standard InChI is InChI=1S/C23H26N4O4S/c1-3-16-6-8-18(9-7-16)27-14-17(13-21(27)28)23(29)26(10-11-30-2)15-20-24-25-22(31-20)19-5-4-12-32-19/h4-9,12,17H,3,10-11,13-15H2,1-2H3. The smallest absolute Gasteiger partial charge is 0.257 e. The molecule has 9 heteroatoms. The van der Waals surface area contributed by atoms with E-state index in [9.17, 15) is 9.59 Å². The van der Waals surface area contributed by atoms with E-state index in [-0.39, 0.29) is 24.8 Å². The monoisotopic (exact) mass is 454 g/mol. The van der Waals surface area contributed by atoms with Crippen LogP contribution in [-0.2, 0) is 27.3 Å². The first-order valence-electron chi connectivity index (χ1n) is 10.6. The van der Waals surface area contributed by atoms with Gasteiger partial charge in [0.15, 0.2) is 0 Å². The maximum atomic E-state index is 13.3. The van der Waals surface area contributed by atoms with Gasteiger partial charge in [0.2, 0.25) is 17.7 Å². The van der Waals surface area contributed by atoms with Gasteiger partial charge >= 0.3 is 0 Å². The number of carbonyl (C=O) groups is 2. The summed E-state index contributed by atoms with van der Waals surface area (Å²) >= 11 is 1.51. The quantitative estimate of drug-likeness (QED) is 0.492. The van der Waals surface area contributed by atoms with Crippen molar-refractivity contribution in [1.29, 1.82) is 0 Å². The zero-order valence-corrected chi connectivity index (χ0v) is 19.0. The maximum absolute atomic E-state index is 13.3. The molecule has 1 fully saturated rings. The molecule has 0 saturated carbocycles. The first kappa shape index (κ1) is 22.2. The number of methoxy groups -OCH3 is 1. The number of ether oxygens (including phenoxy) is 1. The van der Waals surface area contributed by atoms with Crippen molar-refractivity contribution in [2.75, 3.05) is 31.7 Å². The van der Waals surface area contributed by atoms with Gasteiger partial charge in [0.05, 0.1) is 23.9 Å². The van der Waals surface area contributed by atoms with Gasteiger partial charge in [0, 0.05) is 32.3 Å². The van der Waals surface area contributed by atoms with E-state index in [0.717, 1.165) is 17.0 Å². The minimum absolute atomic E-state index is 0.0444. The fraction of sp³-hybridized carbons (Fsp3) is 0.391. The highest BCUT2D eigenvalue weighted by Crippen LogP contribution is 2.28. The molecule has 1 saturated heterocycles. The van der Waals surface area contributed by atoms with Crippen LogP contribution in [0.15, 0.2) is 46.2 Å². The summed E-state index contributed by atoms with van der Waals surface area (Å²) < 4.78 is 10.9. The second-order valence-corrected chi connectivity index (χ2v) is 8.60. The van der Waals surface area contributed by atoms with Crippen LogP contribution in [0.5, 0.6) is 0 Å². The molecule has 3 heterocycles. The molecule has 0 spiro atoms. The van der Waals surface area contributed by atoms with E-state index in [2.05, 4.69) is 17.1 Å². The molecule has 0 radical (unpaired) electrons. The predicted octanol–water partition coefficient (Wildman–Crippen LogP) is 3.39. The molecule has 0 N–H and O–H groups in total. The average Bonchev–Trinajstić information content (AvgIpc) is 3.57. The summed E-state index contributed by atoms with van der Waals surface area (Å²) in [6.45, 7) is 3.38. The van der Waals surface area contributed by atoms with Crippen LogP contribution in [0.25, 0.3) is 10.8 Å². The van der Waals surface area contributed by atoms with Gasteiger partial charge < -0.3 is 19.0 Å². The fourth-order valence-corrected chi connectivity index (χ4v) is 4.39. The molecule has 1 aliphatic rings. The predicted molar refractivity (Wildman–Crippen MR) is 121 cm³/mol. The molecule has 4 rings (SSSR count). The van der Waals surface area contributed by atoms with Gasteiger partial charge in [0.1, 0.15) is 0 Å². The molecule has 1 aliphatic heterocycles. The van der Waals surface area contributed by atoms with E-state index < -0.39 is 5.92 Å². The van der Waals surface area contributed by atoms with Crippen molar-refractivity contribution in [2.24, 2.45) is 5.92 Å². The van der Waals surface area contributed by atoms with Crippen LogP contribution in [0, 0.1) is 5.92 Å². The van der Waals surface area contributed by atoms with E-state index in [1.54, 1.807) is 16.9 Å². The minimum atomic E-state index is -0.426. The summed E-state index contributed by atoms with van der Waals surface area (Å²) in [7, 11) is 1.59. The molecular formula is C23H26N4O4S. The Morgan fingerprint density at radius 3 is 2.78 bits per heavy atom. The molecule has 1 unspecified atom stereocenters. The number of hydrogen-bond acceptors (Lipinski definition) is 7. The number of carbonyl (C=O) groups excluding carboxylic acids is 2. The largest absolute Gasteiger partial charge is 0.418 e. The number of hydrogen-bond donors (Lipinski definition) is 0. The van der Waals surface area contributed by atoms with Crippen LogP contribution in [0.1, 0.15) is 24.8 Å². The number of rotatable bonds is 9. The third-order valence-corrected chi connectivity index (χ3v) is 6.39. The second kappa shape index (κ2) is 10.1. The minimum Gasteiger partial charge on any atom is -0.418 e. The number of aryl methyl sites for hydroxylation is 1. The molecule has 1 atom stereocenters. The third-order valence-electron chi connectivity index (χ3n) is 5.53. The van der Waals surface area contributed by atoms with Crippen LogP contribution < -0.4 is 4.90 Å². The molecule has 168 valence electrons. The second-order valence-electron chi connectivity index (χ2n) is 7.66. The first-order chi connectivity index (χ1) is 15.6. The lowest BCUT2D eigenvalue weighted by molar-refractivity contribution is -0.137. The van der Waals surface area contributed by atoms with Crippen molar-refractivity contribution in [3.8, 4) is 10.8 Å². The van der Waals surface area contributed by atoms with Gasteiger partial charge in [-0.3, -0.25) is 9.59 Å². The number of amides is 2. The molecule has 2 amide bonds. The van der Waals surface area contributed by atoms with E-state index in [4.69, 9.17) is 9.15 Å². The number of benzene rings is 1. The summed E-state index contributed by atoms with van der Waals surface area (Å²) in [5.41, 5.74) is 2.03. The number of thiophene rings is 1. The van der Waals surface area contributed by atoms with E-state index in [1.165, 1.54) is 16.9 Å². The zero-order valence-electron chi connectivity index (χ0n) is 18.2. The summed E-state index contributed by atoms with van der Waals surface area (Å²) in [5.74, 6) is 0.210. The highest BCUT2D eigenvalue weighted by molar-refractivity contribution is 7.13. The van der Waals surface area contributed by atoms with E-state index in [1.807, 2.05) is 41.8 Å². The fourth-order valence-electron chi connectivity index (χ4n) is 3.74. The van der Waals surface area contributed by atoms with Gasteiger partial charge in [0.25, 0.3) is 5.89 Å². The number of aromatic nitrogens is 2. The molecule has 2 aromatic heterocycles. The molecule has 8 nitrogen and oxygen atoms in total. The van der Waals surface area contributed by atoms with Gasteiger partial charge in [-0.15, -0.1) is 21.5 Å².